The molecule has 140 valence electrons. The van der Waals surface area contributed by atoms with Crippen LogP contribution in [0.15, 0.2) is 34.8 Å². The predicted molar refractivity (Wildman–Crippen MR) is 105 cm³/mol. The van der Waals surface area contributed by atoms with Crippen molar-refractivity contribution >= 4 is 21.8 Å². The van der Waals surface area contributed by atoms with Gasteiger partial charge in [-0.1, -0.05) is 22.0 Å². The first-order chi connectivity index (χ1) is 12.4. The zero-order valence-electron chi connectivity index (χ0n) is 15.5. The second-order valence-corrected chi connectivity index (χ2v) is 6.79. The van der Waals surface area contributed by atoms with Crippen LogP contribution in [0.3, 0.4) is 0 Å². The zero-order valence-corrected chi connectivity index (χ0v) is 17.1. The van der Waals surface area contributed by atoms with Crippen molar-refractivity contribution in [3.05, 3.63) is 51.5 Å². The minimum Gasteiger partial charge on any atom is -0.493 e. The Hall–Kier alpha value is -2.21. The molecule has 2 aromatic rings. The maximum absolute atomic E-state index is 12.0. The lowest BCUT2D eigenvalue weighted by molar-refractivity contribution is -0.123. The summed E-state index contributed by atoms with van der Waals surface area (Å²) in [4.78, 5) is 12.0. The SMILES string of the molecule is COc1cc(Br)c(CCNC(=O)COc2ccc(C)c(C)c2)cc1OC. The molecule has 0 aliphatic rings. The lowest BCUT2D eigenvalue weighted by Crippen LogP contribution is -2.30. The number of ether oxygens (including phenoxy) is 3. The van der Waals surface area contributed by atoms with Gasteiger partial charge in [0.15, 0.2) is 18.1 Å². The first-order valence-electron chi connectivity index (χ1n) is 8.31. The lowest BCUT2D eigenvalue weighted by Gasteiger charge is -2.12. The highest BCUT2D eigenvalue weighted by molar-refractivity contribution is 9.10. The summed E-state index contributed by atoms with van der Waals surface area (Å²) in [6.45, 7) is 4.56. The Morgan fingerprint density at radius 1 is 1.04 bits per heavy atom. The molecule has 0 radical (unpaired) electrons. The Balaban J connectivity index is 1.83. The molecule has 0 aliphatic heterocycles. The van der Waals surface area contributed by atoms with E-state index in [1.54, 1.807) is 14.2 Å². The van der Waals surface area contributed by atoms with Crippen molar-refractivity contribution < 1.29 is 19.0 Å². The molecule has 26 heavy (non-hydrogen) atoms. The van der Waals surface area contributed by atoms with Crippen molar-refractivity contribution in [3.63, 3.8) is 0 Å². The van der Waals surface area contributed by atoms with Gasteiger partial charge < -0.3 is 19.5 Å². The fourth-order valence-corrected chi connectivity index (χ4v) is 2.95. The van der Waals surface area contributed by atoms with Gasteiger partial charge >= 0.3 is 0 Å². The summed E-state index contributed by atoms with van der Waals surface area (Å²) in [7, 11) is 3.20. The molecule has 1 amide bonds. The molecular weight excluding hydrogens is 398 g/mol. The van der Waals surface area contributed by atoms with Gasteiger partial charge in [-0.25, -0.2) is 0 Å². The van der Waals surface area contributed by atoms with E-state index in [1.165, 1.54) is 5.56 Å². The van der Waals surface area contributed by atoms with Crippen LogP contribution in [0.2, 0.25) is 0 Å². The van der Waals surface area contributed by atoms with E-state index in [-0.39, 0.29) is 12.5 Å². The molecule has 5 nitrogen and oxygen atoms in total. The van der Waals surface area contributed by atoms with E-state index in [1.807, 2.05) is 44.2 Å². The molecular formula is C20H24BrNO4. The molecule has 0 spiro atoms. The highest BCUT2D eigenvalue weighted by Crippen LogP contribution is 2.33. The van der Waals surface area contributed by atoms with Crippen molar-refractivity contribution in [2.45, 2.75) is 20.3 Å². The van der Waals surface area contributed by atoms with Crippen LogP contribution in [0.4, 0.5) is 0 Å². The van der Waals surface area contributed by atoms with Crippen LogP contribution in [0.25, 0.3) is 0 Å². The van der Waals surface area contributed by atoms with Crippen LogP contribution in [0.5, 0.6) is 17.2 Å². The van der Waals surface area contributed by atoms with E-state index in [4.69, 9.17) is 14.2 Å². The van der Waals surface area contributed by atoms with E-state index in [2.05, 4.69) is 21.2 Å². The van der Waals surface area contributed by atoms with Crippen LogP contribution in [0.1, 0.15) is 16.7 Å². The van der Waals surface area contributed by atoms with Crippen LogP contribution >= 0.6 is 15.9 Å². The van der Waals surface area contributed by atoms with Crippen molar-refractivity contribution in [2.24, 2.45) is 0 Å². The molecule has 2 aromatic carbocycles. The van der Waals surface area contributed by atoms with Crippen LogP contribution < -0.4 is 19.5 Å². The quantitative estimate of drug-likeness (QED) is 0.703. The van der Waals surface area contributed by atoms with Gasteiger partial charge in [0.1, 0.15) is 5.75 Å². The first kappa shape index (κ1) is 20.1. The largest absolute Gasteiger partial charge is 0.493 e. The van der Waals surface area contributed by atoms with Gasteiger partial charge in [0, 0.05) is 11.0 Å². The predicted octanol–water partition coefficient (Wildman–Crippen LogP) is 3.82. The zero-order chi connectivity index (χ0) is 19.1. The van der Waals surface area contributed by atoms with E-state index >= 15 is 0 Å². The number of hydrogen-bond acceptors (Lipinski definition) is 4. The Labute approximate surface area is 162 Å². The summed E-state index contributed by atoms with van der Waals surface area (Å²) in [5, 5.41) is 2.86. The van der Waals surface area contributed by atoms with E-state index in [0.717, 1.165) is 15.6 Å². The number of methoxy groups -OCH3 is 2. The molecule has 2 rings (SSSR count). The fourth-order valence-electron chi connectivity index (χ4n) is 2.43. The molecule has 0 aromatic heterocycles. The number of halogens is 1. The summed E-state index contributed by atoms with van der Waals surface area (Å²) in [5.41, 5.74) is 3.36. The first-order valence-corrected chi connectivity index (χ1v) is 9.11. The average Bonchev–Trinajstić information content (AvgIpc) is 2.63. The monoisotopic (exact) mass is 421 g/mol. The van der Waals surface area contributed by atoms with Crippen LogP contribution in [0, 0.1) is 13.8 Å². The second-order valence-electron chi connectivity index (χ2n) is 5.93. The lowest BCUT2D eigenvalue weighted by atomic mass is 10.1. The topological polar surface area (TPSA) is 56.8 Å². The van der Waals surface area contributed by atoms with Gasteiger partial charge in [-0.15, -0.1) is 0 Å². The second kappa shape index (κ2) is 9.48. The summed E-state index contributed by atoms with van der Waals surface area (Å²) >= 11 is 3.52. The van der Waals surface area contributed by atoms with E-state index < -0.39 is 0 Å². The van der Waals surface area contributed by atoms with Gasteiger partial charge in [-0.2, -0.15) is 0 Å². The van der Waals surface area contributed by atoms with Gasteiger partial charge in [-0.3, -0.25) is 4.79 Å². The Morgan fingerprint density at radius 3 is 2.38 bits per heavy atom. The summed E-state index contributed by atoms with van der Waals surface area (Å²) in [6.07, 6.45) is 0.663. The molecule has 0 aliphatic carbocycles. The maximum Gasteiger partial charge on any atom is 0.257 e. The third-order valence-corrected chi connectivity index (χ3v) is 4.86. The molecule has 0 heterocycles. The van der Waals surface area contributed by atoms with Crippen LogP contribution in [-0.4, -0.2) is 33.3 Å². The van der Waals surface area contributed by atoms with Crippen molar-refractivity contribution in [1.82, 2.24) is 5.32 Å². The van der Waals surface area contributed by atoms with E-state index in [0.29, 0.717) is 30.2 Å². The highest BCUT2D eigenvalue weighted by Gasteiger charge is 2.10. The number of amides is 1. The molecule has 1 N–H and O–H groups in total. The molecule has 0 saturated carbocycles. The summed E-state index contributed by atoms with van der Waals surface area (Å²) in [5.74, 6) is 1.87. The van der Waals surface area contributed by atoms with Gasteiger partial charge in [0.25, 0.3) is 5.91 Å². The number of carbonyl (C=O) groups excluding carboxylic acids is 1. The molecule has 0 saturated heterocycles. The van der Waals surface area contributed by atoms with Crippen molar-refractivity contribution in [3.8, 4) is 17.2 Å². The Morgan fingerprint density at radius 2 is 1.73 bits per heavy atom. The fraction of sp³-hybridized carbons (Fsp3) is 0.350. The van der Waals surface area contributed by atoms with Gasteiger partial charge in [0.05, 0.1) is 14.2 Å². The number of nitrogens with one attached hydrogen (secondary N) is 1. The average molecular weight is 422 g/mol. The number of carbonyl (C=O) groups is 1. The standard InChI is InChI=1S/C20H24BrNO4/c1-13-5-6-16(9-14(13)2)26-12-20(23)22-8-7-15-10-18(24-3)19(25-4)11-17(15)21/h5-6,9-11H,7-8,12H2,1-4H3,(H,22,23). The number of aryl methyl sites for hydroxylation is 2. The number of hydrogen-bond donors (Lipinski definition) is 1. The minimum absolute atomic E-state index is 0.00436. The van der Waals surface area contributed by atoms with Gasteiger partial charge in [-0.05, 0) is 61.2 Å². The molecule has 0 fully saturated rings. The molecule has 6 heteroatoms. The maximum atomic E-state index is 12.0. The number of rotatable bonds is 8. The van der Waals surface area contributed by atoms with Crippen molar-refractivity contribution in [2.75, 3.05) is 27.4 Å². The third kappa shape index (κ3) is 5.39. The summed E-state index contributed by atoms with van der Waals surface area (Å²) in [6, 6.07) is 9.55. The molecule has 0 unspecified atom stereocenters. The molecule has 0 bridgehead atoms. The Kier molecular flexibility index (Phi) is 7.33. The third-order valence-electron chi connectivity index (χ3n) is 4.12. The van der Waals surface area contributed by atoms with Crippen molar-refractivity contribution in [1.29, 1.82) is 0 Å². The van der Waals surface area contributed by atoms with Gasteiger partial charge in [0.2, 0.25) is 0 Å². The molecule has 0 atom stereocenters. The summed E-state index contributed by atoms with van der Waals surface area (Å²) < 4.78 is 17.0. The highest BCUT2D eigenvalue weighted by atomic mass is 79.9. The minimum atomic E-state index is -0.153. The number of benzene rings is 2. The smallest absolute Gasteiger partial charge is 0.257 e. The van der Waals surface area contributed by atoms with Crippen LogP contribution in [-0.2, 0) is 11.2 Å². The Bertz CT molecular complexity index is 777. The van der Waals surface area contributed by atoms with E-state index in [9.17, 15) is 4.79 Å². The normalized spacial score (nSPS) is 10.3.